The van der Waals surface area contributed by atoms with Gasteiger partial charge in [0.15, 0.2) is 0 Å². The lowest BCUT2D eigenvalue weighted by atomic mass is 10.2. The molecule has 0 unspecified atom stereocenters. The van der Waals surface area contributed by atoms with Crippen LogP contribution in [0.5, 0.6) is 5.75 Å². The molecule has 0 fully saturated rings. The minimum absolute atomic E-state index is 0.0364. The Hall–Kier alpha value is -3.07. The quantitative estimate of drug-likeness (QED) is 0.715. The van der Waals surface area contributed by atoms with E-state index in [1.807, 2.05) is 0 Å². The molecule has 2 rings (SSSR count). The number of aromatic carboxylic acids is 1. The van der Waals surface area contributed by atoms with Crippen LogP contribution in [0, 0.1) is 0 Å². The fraction of sp³-hybridized carbons (Fsp3) is 0.125. The number of methoxy groups -OCH3 is 1. The van der Waals surface area contributed by atoms with Crippen LogP contribution in [0.3, 0.4) is 0 Å². The van der Waals surface area contributed by atoms with Gasteiger partial charge in [-0.05, 0) is 42.5 Å². The SMILES string of the molecule is CNC(=O)c1cc(S(=O)(=O)Nc2ccc(C(=O)O)cc2)ccc1OC. The highest BCUT2D eigenvalue weighted by atomic mass is 32.2. The molecule has 9 heteroatoms. The first-order chi connectivity index (χ1) is 11.8. The standard InChI is InChI=1S/C16H16N2O6S/c1-17-15(19)13-9-12(7-8-14(13)24-2)25(22,23)18-11-5-3-10(4-6-11)16(20)21/h3-9,18H,1-2H3,(H,17,19)(H,20,21). The molecule has 0 radical (unpaired) electrons. The van der Waals surface area contributed by atoms with E-state index in [-0.39, 0.29) is 27.5 Å². The summed E-state index contributed by atoms with van der Waals surface area (Å²) in [6.07, 6.45) is 0. The zero-order chi connectivity index (χ0) is 18.6. The summed E-state index contributed by atoms with van der Waals surface area (Å²) in [5.74, 6) is -1.36. The Bertz CT molecular complexity index is 907. The number of nitrogens with one attached hydrogen (secondary N) is 2. The molecule has 1 amide bonds. The van der Waals surface area contributed by atoms with E-state index in [0.29, 0.717) is 0 Å². The van der Waals surface area contributed by atoms with Crippen molar-refractivity contribution in [2.45, 2.75) is 4.90 Å². The molecule has 2 aromatic rings. The average Bonchev–Trinajstić information content (AvgIpc) is 2.60. The number of benzene rings is 2. The molecular formula is C16H16N2O6S. The number of hydrogen-bond donors (Lipinski definition) is 3. The predicted molar refractivity (Wildman–Crippen MR) is 90.6 cm³/mol. The third-order valence-corrected chi connectivity index (χ3v) is 4.72. The van der Waals surface area contributed by atoms with Gasteiger partial charge in [0, 0.05) is 12.7 Å². The van der Waals surface area contributed by atoms with Gasteiger partial charge in [-0.2, -0.15) is 0 Å². The first-order valence-corrected chi connectivity index (χ1v) is 8.53. The minimum Gasteiger partial charge on any atom is -0.496 e. The number of carboxylic acid groups (broad SMARTS) is 1. The number of carbonyl (C=O) groups excluding carboxylic acids is 1. The molecular weight excluding hydrogens is 348 g/mol. The molecule has 0 aliphatic rings. The molecule has 8 nitrogen and oxygen atoms in total. The molecule has 0 atom stereocenters. The number of hydrogen-bond acceptors (Lipinski definition) is 5. The fourth-order valence-electron chi connectivity index (χ4n) is 2.06. The van der Waals surface area contributed by atoms with Crippen molar-refractivity contribution in [3.8, 4) is 5.75 Å². The first kappa shape index (κ1) is 18.3. The number of carbonyl (C=O) groups is 2. The van der Waals surface area contributed by atoms with Gasteiger partial charge in [0.2, 0.25) is 0 Å². The van der Waals surface area contributed by atoms with Gasteiger partial charge >= 0.3 is 5.97 Å². The van der Waals surface area contributed by atoms with Gasteiger partial charge < -0.3 is 15.2 Å². The van der Waals surface area contributed by atoms with E-state index in [1.165, 1.54) is 56.6 Å². The van der Waals surface area contributed by atoms with Crippen LogP contribution in [0.4, 0.5) is 5.69 Å². The summed E-state index contributed by atoms with van der Waals surface area (Å²) >= 11 is 0. The third kappa shape index (κ3) is 4.07. The Balaban J connectivity index is 2.36. The van der Waals surface area contributed by atoms with E-state index in [0.717, 1.165) is 0 Å². The first-order valence-electron chi connectivity index (χ1n) is 7.05. The van der Waals surface area contributed by atoms with Crippen molar-refractivity contribution in [2.24, 2.45) is 0 Å². The Morgan fingerprint density at radius 1 is 1.08 bits per heavy atom. The van der Waals surface area contributed by atoms with Crippen LogP contribution in [0.2, 0.25) is 0 Å². The van der Waals surface area contributed by atoms with Gasteiger partial charge in [0.1, 0.15) is 5.75 Å². The molecule has 0 saturated heterocycles. The highest BCUT2D eigenvalue weighted by molar-refractivity contribution is 7.92. The number of anilines is 1. The molecule has 0 bridgehead atoms. The molecule has 0 heterocycles. The van der Waals surface area contributed by atoms with Gasteiger partial charge in [-0.3, -0.25) is 9.52 Å². The third-order valence-electron chi connectivity index (χ3n) is 3.34. The molecule has 2 aromatic carbocycles. The molecule has 0 spiro atoms. The minimum atomic E-state index is -3.97. The lowest BCUT2D eigenvalue weighted by Crippen LogP contribution is -2.20. The number of rotatable bonds is 6. The van der Waals surface area contributed by atoms with Crippen molar-refractivity contribution < 1.29 is 27.9 Å². The summed E-state index contributed by atoms with van der Waals surface area (Å²) in [6.45, 7) is 0. The van der Waals surface area contributed by atoms with E-state index in [9.17, 15) is 18.0 Å². The summed E-state index contributed by atoms with van der Waals surface area (Å²) in [6, 6.07) is 9.13. The Labute approximate surface area is 144 Å². The molecule has 132 valence electrons. The number of carboxylic acids is 1. The Kier molecular flexibility index (Phi) is 5.28. The summed E-state index contributed by atoms with van der Waals surface area (Å²) in [4.78, 5) is 22.6. The summed E-state index contributed by atoms with van der Waals surface area (Å²) < 4.78 is 32.4. The van der Waals surface area contributed by atoms with Crippen LogP contribution in [-0.4, -0.2) is 39.6 Å². The average molecular weight is 364 g/mol. The zero-order valence-electron chi connectivity index (χ0n) is 13.4. The van der Waals surface area contributed by atoms with Crippen molar-refractivity contribution in [2.75, 3.05) is 18.9 Å². The second kappa shape index (κ2) is 7.22. The largest absolute Gasteiger partial charge is 0.496 e. The van der Waals surface area contributed by atoms with Crippen molar-refractivity contribution >= 4 is 27.6 Å². The van der Waals surface area contributed by atoms with Gasteiger partial charge in [0.25, 0.3) is 15.9 Å². The molecule has 0 aliphatic carbocycles. The highest BCUT2D eigenvalue weighted by Gasteiger charge is 2.19. The lowest BCUT2D eigenvalue weighted by Gasteiger charge is -2.12. The van der Waals surface area contributed by atoms with Crippen LogP contribution in [0.1, 0.15) is 20.7 Å². The molecule has 0 aromatic heterocycles. The Morgan fingerprint density at radius 2 is 1.72 bits per heavy atom. The van der Waals surface area contributed by atoms with Crippen molar-refractivity contribution in [3.63, 3.8) is 0 Å². The van der Waals surface area contributed by atoms with Gasteiger partial charge in [-0.25, -0.2) is 13.2 Å². The van der Waals surface area contributed by atoms with E-state index >= 15 is 0 Å². The summed E-state index contributed by atoms with van der Waals surface area (Å²) in [5, 5.41) is 11.3. The predicted octanol–water partition coefficient (Wildman–Crippen LogP) is 1.55. The maximum Gasteiger partial charge on any atom is 0.335 e. The van der Waals surface area contributed by atoms with Crippen LogP contribution in [-0.2, 0) is 10.0 Å². The second-order valence-electron chi connectivity index (χ2n) is 4.93. The fourth-order valence-corrected chi connectivity index (χ4v) is 3.15. The van der Waals surface area contributed by atoms with Gasteiger partial charge in [-0.1, -0.05) is 0 Å². The van der Waals surface area contributed by atoms with Crippen LogP contribution < -0.4 is 14.8 Å². The summed E-state index contributed by atoms with van der Waals surface area (Å²) in [5.41, 5.74) is 0.311. The van der Waals surface area contributed by atoms with Crippen LogP contribution in [0.25, 0.3) is 0 Å². The Morgan fingerprint density at radius 3 is 2.24 bits per heavy atom. The topological polar surface area (TPSA) is 122 Å². The van der Waals surface area contributed by atoms with E-state index in [4.69, 9.17) is 9.84 Å². The number of ether oxygens (including phenoxy) is 1. The number of amides is 1. The van der Waals surface area contributed by atoms with Gasteiger partial charge in [-0.15, -0.1) is 0 Å². The lowest BCUT2D eigenvalue weighted by molar-refractivity contribution is 0.0696. The van der Waals surface area contributed by atoms with Gasteiger partial charge in [0.05, 0.1) is 23.1 Å². The van der Waals surface area contributed by atoms with E-state index in [1.54, 1.807) is 0 Å². The molecule has 3 N–H and O–H groups in total. The van der Waals surface area contributed by atoms with Crippen LogP contribution >= 0.6 is 0 Å². The zero-order valence-corrected chi connectivity index (χ0v) is 14.3. The van der Waals surface area contributed by atoms with E-state index in [2.05, 4.69) is 10.0 Å². The summed E-state index contributed by atoms with van der Waals surface area (Å²) in [7, 11) is -1.17. The molecule has 0 aliphatic heterocycles. The van der Waals surface area contributed by atoms with Crippen molar-refractivity contribution in [1.29, 1.82) is 0 Å². The molecule has 0 saturated carbocycles. The van der Waals surface area contributed by atoms with Crippen LogP contribution in [0.15, 0.2) is 47.4 Å². The second-order valence-corrected chi connectivity index (χ2v) is 6.61. The maximum absolute atomic E-state index is 12.5. The number of sulfonamides is 1. The smallest absolute Gasteiger partial charge is 0.335 e. The maximum atomic E-state index is 12.5. The van der Waals surface area contributed by atoms with Crippen molar-refractivity contribution in [1.82, 2.24) is 5.32 Å². The highest BCUT2D eigenvalue weighted by Crippen LogP contribution is 2.24. The van der Waals surface area contributed by atoms with Crippen molar-refractivity contribution in [3.05, 3.63) is 53.6 Å². The monoisotopic (exact) mass is 364 g/mol. The normalized spacial score (nSPS) is 10.8. The molecule has 25 heavy (non-hydrogen) atoms. The van der Waals surface area contributed by atoms with E-state index < -0.39 is 21.9 Å².